The average Bonchev–Trinajstić information content (AvgIpc) is 3.00. The molecule has 1 fully saturated rings. The first-order chi connectivity index (χ1) is 10.3. The number of methoxy groups -OCH3 is 1. The summed E-state index contributed by atoms with van der Waals surface area (Å²) in [6, 6.07) is 2.70. The summed E-state index contributed by atoms with van der Waals surface area (Å²) in [5, 5.41) is 3.37. The van der Waals surface area contributed by atoms with Crippen LogP contribution in [0.3, 0.4) is 0 Å². The smallest absolute Gasteiger partial charge is 0.158 e. The fourth-order valence-electron chi connectivity index (χ4n) is 2.99. The largest absolute Gasteiger partial charge is 0.377 e. The van der Waals surface area contributed by atoms with Crippen LogP contribution >= 0.6 is 0 Å². The van der Waals surface area contributed by atoms with Crippen LogP contribution in [0.5, 0.6) is 0 Å². The van der Waals surface area contributed by atoms with Crippen LogP contribution in [0.25, 0.3) is 0 Å². The van der Waals surface area contributed by atoms with Gasteiger partial charge in [-0.3, -0.25) is 0 Å². The summed E-state index contributed by atoms with van der Waals surface area (Å²) >= 11 is 0. The van der Waals surface area contributed by atoms with Gasteiger partial charge in [0.2, 0.25) is 0 Å². The lowest BCUT2D eigenvalue weighted by Crippen LogP contribution is -2.34. The first kappa shape index (κ1) is 16.0. The Morgan fingerprint density at radius 1 is 1.29 bits per heavy atom. The fourth-order valence-corrected chi connectivity index (χ4v) is 2.99. The summed E-state index contributed by atoms with van der Waals surface area (Å²) in [5.41, 5.74) is 0. The van der Waals surface area contributed by atoms with E-state index in [1.807, 2.05) is 0 Å². The zero-order valence-electron chi connectivity index (χ0n) is 13.6. The monoisotopic (exact) mass is 292 g/mol. The van der Waals surface area contributed by atoms with E-state index < -0.39 is 0 Å². The SMILES string of the molecule is CCCNc1cc(N(CC)C2CCCC2)nc(COC)n1. The van der Waals surface area contributed by atoms with Crippen molar-refractivity contribution < 1.29 is 4.74 Å². The van der Waals surface area contributed by atoms with Crippen LogP contribution in [0.2, 0.25) is 0 Å². The zero-order chi connectivity index (χ0) is 15.1. The molecule has 0 radical (unpaired) electrons. The first-order valence-corrected chi connectivity index (χ1v) is 8.15. The van der Waals surface area contributed by atoms with Crippen LogP contribution in [0, 0.1) is 0 Å². The third kappa shape index (κ3) is 4.30. The molecule has 5 nitrogen and oxygen atoms in total. The van der Waals surface area contributed by atoms with E-state index in [0.29, 0.717) is 12.6 Å². The lowest BCUT2D eigenvalue weighted by molar-refractivity contribution is 0.178. The first-order valence-electron chi connectivity index (χ1n) is 8.15. The van der Waals surface area contributed by atoms with Crippen molar-refractivity contribution in [3.8, 4) is 0 Å². The molecular formula is C16H28N4O. The molecule has 1 N–H and O–H groups in total. The lowest BCUT2D eigenvalue weighted by atomic mass is 10.2. The number of aromatic nitrogens is 2. The molecule has 118 valence electrons. The number of hydrogen-bond donors (Lipinski definition) is 1. The number of nitrogens with zero attached hydrogens (tertiary/aromatic N) is 3. The van der Waals surface area contributed by atoms with Crippen LogP contribution in [0.15, 0.2) is 6.07 Å². The molecule has 1 heterocycles. The van der Waals surface area contributed by atoms with Crippen molar-refractivity contribution in [1.82, 2.24) is 9.97 Å². The minimum atomic E-state index is 0.455. The number of nitrogens with one attached hydrogen (secondary N) is 1. The lowest BCUT2D eigenvalue weighted by Gasteiger charge is -2.29. The number of hydrogen-bond acceptors (Lipinski definition) is 5. The number of anilines is 2. The Labute approximate surface area is 128 Å². The summed E-state index contributed by atoms with van der Waals surface area (Å²) in [6.07, 6.45) is 6.29. The molecule has 0 spiro atoms. The molecule has 2 rings (SSSR count). The molecule has 0 amide bonds. The van der Waals surface area contributed by atoms with Gasteiger partial charge < -0.3 is 15.0 Å². The van der Waals surface area contributed by atoms with E-state index in [2.05, 4.69) is 35.1 Å². The van der Waals surface area contributed by atoms with Crippen molar-refractivity contribution in [1.29, 1.82) is 0 Å². The van der Waals surface area contributed by atoms with Crippen molar-refractivity contribution in [3.63, 3.8) is 0 Å². The molecule has 21 heavy (non-hydrogen) atoms. The molecule has 5 heteroatoms. The van der Waals surface area contributed by atoms with E-state index in [1.54, 1.807) is 7.11 Å². The molecular weight excluding hydrogens is 264 g/mol. The molecule has 0 atom stereocenters. The molecule has 1 saturated carbocycles. The molecule has 1 aromatic rings. The van der Waals surface area contributed by atoms with Gasteiger partial charge in [-0.1, -0.05) is 19.8 Å². The highest BCUT2D eigenvalue weighted by molar-refractivity contribution is 5.50. The number of ether oxygens (including phenoxy) is 1. The third-order valence-corrected chi connectivity index (χ3v) is 3.99. The zero-order valence-corrected chi connectivity index (χ0v) is 13.6. The average molecular weight is 292 g/mol. The number of rotatable bonds is 8. The Morgan fingerprint density at radius 3 is 2.67 bits per heavy atom. The molecule has 0 aromatic carbocycles. The van der Waals surface area contributed by atoms with Crippen LogP contribution in [0.1, 0.15) is 51.8 Å². The van der Waals surface area contributed by atoms with Gasteiger partial charge in [0.25, 0.3) is 0 Å². The van der Waals surface area contributed by atoms with Gasteiger partial charge in [0, 0.05) is 32.3 Å². The Bertz CT molecular complexity index is 432. The van der Waals surface area contributed by atoms with Crippen molar-refractivity contribution in [2.24, 2.45) is 0 Å². The minimum absolute atomic E-state index is 0.455. The van der Waals surface area contributed by atoms with Crippen LogP contribution in [0.4, 0.5) is 11.6 Å². The van der Waals surface area contributed by atoms with Gasteiger partial charge in [-0.25, -0.2) is 9.97 Å². The van der Waals surface area contributed by atoms with Gasteiger partial charge >= 0.3 is 0 Å². The van der Waals surface area contributed by atoms with Gasteiger partial charge in [0.05, 0.1) is 0 Å². The molecule has 0 aliphatic heterocycles. The van der Waals surface area contributed by atoms with Gasteiger partial charge in [-0.05, 0) is 26.2 Å². The minimum Gasteiger partial charge on any atom is -0.377 e. The third-order valence-electron chi connectivity index (χ3n) is 3.99. The molecule has 1 aliphatic rings. The van der Waals surface area contributed by atoms with Crippen molar-refractivity contribution >= 4 is 11.6 Å². The Morgan fingerprint density at radius 2 is 2.05 bits per heavy atom. The van der Waals surface area contributed by atoms with Crippen molar-refractivity contribution in [3.05, 3.63) is 11.9 Å². The summed E-state index contributed by atoms with van der Waals surface area (Å²) < 4.78 is 5.21. The fraction of sp³-hybridized carbons (Fsp3) is 0.750. The van der Waals surface area contributed by atoms with E-state index in [9.17, 15) is 0 Å². The second-order valence-corrected chi connectivity index (χ2v) is 5.61. The van der Waals surface area contributed by atoms with Crippen molar-refractivity contribution in [2.75, 3.05) is 30.4 Å². The summed E-state index contributed by atoms with van der Waals surface area (Å²) in [5.74, 6) is 2.69. The predicted molar refractivity (Wildman–Crippen MR) is 86.8 cm³/mol. The maximum atomic E-state index is 5.21. The summed E-state index contributed by atoms with van der Waals surface area (Å²) in [4.78, 5) is 11.6. The maximum absolute atomic E-state index is 5.21. The van der Waals surface area contributed by atoms with E-state index in [4.69, 9.17) is 9.72 Å². The maximum Gasteiger partial charge on any atom is 0.158 e. The highest BCUT2D eigenvalue weighted by atomic mass is 16.5. The van der Waals surface area contributed by atoms with E-state index in [-0.39, 0.29) is 0 Å². The molecule has 0 unspecified atom stereocenters. The van der Waals surface area contributed by atoms with E-state index in [1.165, 1.54) is 25.7 Å². The van der Waals surface area contributed by atoms with Gasteiger partial charge in [-0.2, -0.15) is 0 Å². The highest BCUT2D eigenvalue weighted by Gasteiger charge is 2.23. The van der Waals surface area contributed by atoms with Gasteiger partial charge in [0.15, 0.2) is 5.82 Å². The van der Waals surface area contributed by atoms with Crippen LogP contribution in [-0.2, 0) is 11.3 Å². The Balaban J connectivity index is 2.23. The standard InChI is InChI=1S/C16H28N4O/c1-4-10-17-14-11-16(19-15(18-14)12-21-3)20(5-2)13-8-6-7-9-13/h11,13H,4-10,12H2,1-3H3,(H,17,18,19). The molecule has 0 saturated heterocycles. The van der Waals surface area contributed by atoms with E-state index >= 15 is 0 Å². The highest BCUT2D eigenvalue weighted by Crippen LogP contribution is 2.28. The van der Waals surface area contributed by atoms with Crippen molar-refractivity contribution in [2.45, 2.75) is 58.6 Å². The molecule has 0 bridgehead atoms. The molecule has 1 aliphatic carbocycles. The second-order valence-electron chi connectivity index (χ2n) is 5.61. The molecule has 1 aromatic heterocycles. The summed E-state index contributed by atoms with van der Waals surface area (Å²) in [7, 11) is 1.68. The van der Waals surface area contributed by atoms with Gasteiger partial charge in [-0.15, -0.1) is 0 Å². The van der Waals surface area contributed by atoms with Crippen LogP contribution in [-0.4, -0.2) is 36.2 Å². The van der Waals surface area contributed by atoms with E-state index in [0.717, 1.165) is 37.0 Å². The normalized spacial score (nSPS) is 15.4. The van der Waals surface area contributed by atoms with Crippen LogP contribution < -0.4 is 10.2 Å². The topological polar surface area (TPSA) is 50.3 Å². The quantitative estimate of drug-likeness (QED) is 0.797. The Hall–Kier alpha value is -1.36. The second kappa shape index (κ2) is 8.17. The summed E-state index contributed by atoms with van der Waals surface area (Å²) in [6.45, 7) is 6.73. The predicted octanol–water partition coefficient (Wildman–Crippen LogP) is 3.21. The Kier molecular flexibility index (Phi) is 6.23. The van der Waals surface area contributed by atoms with Gasteiger partial charge in [0.1, 0.15) is 18.2 Å².